The molecule has 1 atom stereocenters. The van der Waals surface area contributed by atoms with Crippen molar-refractivity contribution in [3.05, 3.63) is 104 Å². The van der Waals surface area contributed by atoms with Crippen molar-refractivity contribution in [1.82, 2.24) is 5.32 Å². The molecular weight excluding hydrogens is 374 g/mol. The molecule has 2 aromatic heterocycles. The molecule has 0 bridgehead atoms. The number of benzene rings is 2. The van der Waals surface area contributed by atoms with Gasteiger partial charge in [-0.1, -0.05) is 42.5 Å². The standard InChI is InChI=1S/C22H17NO4S/c24-17-12-19(27-18-9-5-4-8-16(17)18)22(26)23-13-15-10-11-20(28-15)21(25)14-6-2-1-3-7-14/h1-12,21,25H,13H2,(H,23,26). The zero-order valence-electron chi connectivity index (χ0n) is 14.8. The Bertz CT molecular complexity index is 1180. The summed E-state index contributed by atoms with van der Waals surface area (Å²) in [7, 11) is 0. The maximum atomic E-state index is 12.4. The molecule has 1 amide bonds. The molecule has 4 aromatic rings. The second kappa shape index (κ2) is 7.80. The highest BCUT2D eigenvalue weighted by atomic mass is 32.1. The normalized spacial score (nSPS) is 12.0. The van der Waals surface area contributed by atoms with E-state index < -0.39 is 12.0 Å². The summed E-state index contributed by atoms with van der Waals surface area (Å²) in [6, 6.07) is 21.1. The lowest BCUT2D eigenvalue weighted by atomic mass is 10.1. The van der Waals surface area contributed by atoms with Crippen LogP contribution in [-0.2, 0) is 6.54 Å². The third-order valence-corrected chi connectivity index (χ3v) is 5.49. The average Bonchev–Trinajstić information content (AvgIpc) is 3.21. The Morgan fingerprint density at radius 1 is 1.04 bits per heavy atom. The summed E-state index contributed by atoms with van der Waals surface area (Å²) in [5.74, 6) is -0.480. The van der Waals surface area contributed by atoms with Crippen LogP contribution in [0.5, 0.6) is 0 Å². The van der Waals surface area contributed by atoms with E-state index >= 15 is 0 Å². The van der Waals surface area contributed by atoms with Crippen LogP contribution in [0, 0.1) is 0 Å². The van der Waals surface area contributed by atoms with Crippen molar-refractivity contribution in [2.75, 3.05) is 0 Å². The van der Waals surface area contributed by atoms with Gasteiger partial charge in [0.05, 0.1) is 11.9 Å². The molecule has 0 saturated heterocycles. The lowest BCUT2D eigenvalue weighted by Crippen LogP contribution is -2.23. The van der Waals surface area contributed by atoms with Gasteiger partial charge < -0.3 is 14.8 Å². The molecule has 2 heterocycles. The number of carbonyl (C=O) groups excluding carboxylic acids is 1. The number of para-hydroxylation sites is 1. The van der Waals surface area contributed by atoms with Crippen molar-refractivity contribution < 1.29 is 14.3 Å². The van der Waals surface area contributed by atoms with Crippen molar-refractivity contribution in [2.24, 2.45) is 0 Å². The molecule has 1 unspecified atom stereocenters. The van der Waals surface area contributed by atoms with Crippen molar-refractivity contribution >= 4 is 28.2 Å². The van der Waals surface area contributed by atoms with E-state index in [0.29, 0.717) is 11.0 Å². The van der Waals surface area contributed by atoms with E-state index in [-0.39, 0.29) is 17.7 Å². The zero-order chi connectivity index (χ0) is 19.5. The molecule has 0 radical (unpaired) electrons. The molecule has 4 rings (SSSR count). The molecule has 0 fully saturated rings. The van der Waals surface area contributed by atoms with E-state index in [9.17, 15) is 14.7 Å². The van der Waals surface area contributed by atoms with E-state index in [1.807, 2.05) is 42.5 Å². The van der Waals surface area contributed by atoms with E-state index in [1.165, 1.54) is 17.4 Å². The highest BCUT2D eigenvalue weighted by molar-refractivity contribution is 7.12. The molecule has 140 valence electrons. The second-order valence-corrected chi connectivity index (χ2v) is 7.47. The van der Waals surface area contributed by atoms with E-state index in [4.69, 9.17) is 4.42 Å². The predicted octanol–water partition coefficient (Wildman–Crippen LogP) is 3.87. The summed E-state index contributed by atoms with van der Waals surface area (Å²) in [5.41, 5.74) is 0.943. The first-order valence-electron chi connectivity index (χ1n) is 8.74. The lowest BCUT2D eigenvalue weighted by Gasteiger charge is -2.08. The molecule has 28 heavy (non-hydrogen) atoms. The molecule has 0 spiro atoms. The van der Waals surface area contributed by atoms with Crippen molar-refractivity contribution in [3.8, 4) is 0 Å². The third-order valence-electron chi connectivity index (χ3n) is 4.35. The van der Waals surface area contributed by atoms with Gasteiger partial charge in [0, 0.05) is 15.8 Å². The van der Waals surface area contributed by atoms with Gasteiger partial charge in [-0.15, -0.1) is 11.3 Å². The minimum atomic E-state index is -0.700. The van der Waals surface area contributed by atoms with Crippen molar-refractivity contribution in [3.63, 3.8) is 0 Å². The Balaban J connectivity index is 1.46. The SMILES string of the molecule is O=C(NCc1ccc(C(O)c2ccccc2)s1)c1cc(=O)c2ccccc2o1. The van der Waals surface area contributed by atoms with Gasteiger partial charge in [0.25, 0.3) is 5.91 Å². The maximum absolute atomic E-state index is 12.4. The molecule has 0 aliphatic carbocycles. The third kappa shape index (κ3) is 3.74. The number of aliphatic hydroxyl groups excluding tert-OH is 1. The van der Waals surface area contributed by atoms with Crippen molar-refractivity contribution in [1.29, 1.82) is 0 Å². The van der Waals surface area contributed by atoms with Crippen LogP contribution >= 0.6 is 11.3 Å². The fourth-order valence-electron chi connectivity index (χ4n) is 2.91. The topological polar surface area (TPSA) is 79.5 Å². The summed E-state index contributed by atoms with van der Waals surface area (Å²) in [5, 5.41) is 13.7. The molecule has 5 nitrogen and oxygen atoms in total. The number of hydrogen-bond donors (Lipinski definition) is 2. The van der Waals surface area contributed by atoms with Crippen LogP contribution in [0.2, 0.25) is 0 Å². The molecule has 6 heteroatoms. The van der Waals surface area contributed by atoms with Gasteiger partial charge in [-0.3, -0.25) is 9.59 Å². The summed E-state index contributed by atoms with van der Waals surface area (Å²) in [4.78, 5) is 26.2. The van der Waals surface area contributed by atoms with Crippen LogP contribution in [0.4, 0.5) is 0 Å². The minimum Gasteiger partial charge on any atom is -0.451 e. The molecule has 2 N–H and O–H groups in total. The first-order chi connectivity index (χ1) is 13.6. The van der Waals surface area contributed by atoms with E-state index in [1.54, 1.807) is 24.3 Å². The Labute approximate surface area is 164 Å². The maximum Gasteiger partial charge on any atom is 0.287 e. The Hall–Kier alpha value is -3.22. The summed E-state index contributed by atoms with van der Waals surface area (Å²) < 4.78 is 5.55. The van der Waals surface area contributed by atoms with Crippen LogP contribution in [-0.4, -0.2) is 11.0 Å². The van der Waals surface area contributed by atoms with Gasteiger partial charge in [-0.2, -0.15) is 0 Å². The Kier molecular flexibility index (Phi) is 5.06. The van der Waals surface area contributed by atoms with Crippen molar-refractivity contribution in [2.45, 2.75) is 12.6 Å². The van der Waals surface area contributed by atoms with Crippen LogP contribution in [0.1, 0.15) is 32.0 Å². The fourth-order valence-corrected chi connectivity index (χ4v) is 3.87. The summed E-state index contributed by atoms with van der Waals surface area (Å²) >= 11 is 1.42. The Morgan fingerprint density at radius 3 is 2.61 bits per heavy atom. The van der Waals surface area contributed by atoms with Crippen LogP contribution in [0.25, 0.3) is 11.0 Å². The van der Waals surface area contributed by atoms with E-state index in [2.05, 4.69) is 5.32 Å². The summed E-state index contributed by atoms with van der Waals surface area (Å²) in [6.07, 6.45) is -0.700. The van der Waals surface area contributed by atoms with Crippen LogP contribution in [0.15, 0.2) is 82.0 Å². The summed E-state index contributed by atoms with van der Waals surface area (Å²) in [6.45, 7) is 0.279. The number of aliphatic hydroxyl groups is 1. The fraction of sp³-hybridized carbons (Fsp3) is 0.0909. The monoisotopic (exact) mass is 391 g/mol. The first-order valence-corrected chi connectivity index (χ1v) is 9.56. The number of hydrogen-bond acceptors (Lipinski definition) is 5. The Morgan fingerprint density at radius 2 is 1.79 bits per heavy atom. The van der Waals surface area contributed by atoms with Gasteiger partial charge in [0.15, 0.2) is 11.2 Å². The highest BCUT2D eigenvalue weighted by Gasteiger charge is 2.15. The number of rotatable bonds is 5. The lowest BCUT2D eigenvalue weighted by molar-refractivity contribution is 0.0924. The molecule has 0 aliphatic heterocycles. The second-order valence-electron chi connectivity index (χ2n) is 6.27. The van der Waals surface area contributed by atoms with Gasteiger partial charge >= 0.3 is 0 Å². The van der Waals surface area contributed by atoms with Gasteiger partial charge in [-0.05, 0) is 29.8 Å². The largest absolute Gasteiger partial charge is 0.451 e. The number of thiophene rings is 1. The number of amides is 1. The average molecular weight is 391 g/mol. The number of fused-ring (bicyclic) bond motifs is 1. The van der Waals surface area contributed by atoms with Gasteiger partial charge in [-0.25, -0.2) is 0 Å². The van der Waals surface area contributed by atoms with E-state index in [0.717, 1.165) is 15.3 Å². The predicted molar refractivity (Wildman–Crippen MR) is 108 cm³/mol. The number of nitrogens with one attached hydrogen (secondary N) is 1. The van der Waals surface area contributed by atoms with Crippen LogP contribution in [0.3, 0.4) is 0 Å². The highest BCUT2D eigenvalue weighted by Crippen LogP contribution is 2.28. The molecular formula is C22H17NO4S. The molecule has 0 saturated carbocycles. The zero-order valence-corrected chi connectivity index (χ0v) is 15.6. The first kappa shape index (κ1) is 18.2. The minimum absolute atomic E-state index is 0.0233. The molecule has 2 aromatic carbocycles. The quantitative estimate of drug-likeness (QED) is 0.541. The molecule has 0 aliphatic rings. The van der Waals surface area contributed by atoms with Gasteiger partial charge in [0.2, 0.25) is 0 Å². The van der Waals surface area contributed by atoms with Crippen LogP contribution < -0.4 is 10.7 Å². The smallest absolute Gasteiger partial charge is 0.287 e. The van der Waals surface area contributed by atoms with Gasteiger partial charge in [0.1, 0.15) is 11.7 Å². The number of carbonyl (C=O) groups is 1.